The highest BCUT2D eigenvalue weighted by atomic mass is 15.1. The van der Waals surface area contributed by atoms with Crippen LogP contribution in [0.4, 0.5) is 0 Å². The maximum Gasteiger partial charge on any atom is 0.0523 e. The summed E-state index contributed by atoms with van der Waals surface area (Å²) in [6, 6.07) is 2.39. The zero-order valence-electron chi connectivity index (χ0n) is 10.3. The second-order valence-electron chi connectivity index (χ2n) is 5.55. The quantitative estimate of drug-likeness (QED) is 0.755. The van der Waals surface area contributed by atoms with E-state index in [1.165, 1.54) is 42.6 Å². The largest absolute Gasteiger partial charge is 0.301 e. The lowest BCUT2D eigenvalue weighted by Gasteiger charge is -2.31. The third kappa shape index (κ3) is 1.56. The predicted molar refractivity (Wildman–Crippen MR) is 65.5 cm³/mol. The van der Waals surface area contributed by atoms with Crippen molar-refractivity contribution in [2.45, 2.75) is 44.6 Å². The van der Waals surface area contributed by atoms with E-state index in [2.05, 4.69) is 31.1 Å². The minimum absolute atomic E-state index is 0.438. The van der Waals surface area contributed by atoms with E-state index < -0.39 is 0 Å². The highest BCUT2D eigenvalue weighted by molar-refractivity contribution is 5.37. The highest BCUT2D eigenvalue weighted by Gasteiger charge is 2.49. The molecular formula is C14H20N2. The molecule has 0 radical (unpaired) electrons. The zero-order valence-corrected chi connectivity index (χ0v) is 10.3. The van der Waals surface area contributed by atoms with E-state index in [1.807, 2.05) is 0 Å². The normalized spacial score (nSPS) is 22.1. The van der Waals surface area contributed by atoms with Gasteiger partial charge in [-0.2, -0.15) is 0 Å². The molecule has 0 amide bonds. The van der Waals surface area contributed by atoms with Gasteiger partial charge in [-0.15, -0.1) is 0 Å². The number of aromatic nitrogens is 1. The van der Waals surface area contributed by atoms with Gasteiger partial charge in [-0.1, -0.05) is 19.4 Å². The van der Waals surface area contributed by atoms with Crippen LogP contribution in [0, 0.1) is 0 Å². The van der Waals surface area contributed by atoms with Crippen molar-refractivity contribution in [2.24, 2.45) is 0 Å². The van der Waals surface area contributed by atoms with Crippen molar-refractivity contribution in [1.29, 1.82) is 0 Å². The summed E-state index contributed by atoms with van der Waals surface area (Å²) in [5.41, 5.74) is 4.74. The minimum Gasteiger partial charge on any atom is -0.301 e. The van der Waals surface area contributed by atoms with Gasteiger partial charge >= 0.3 is 0 Å². The molecule has 0 unspecified atom stereocenters. The lowest BCUT2D eigenvalue weighted by atomic mass is 9.91. The van der Waals surface area contributed by atoms with Crippen molar-refractivity contribution in [1.82, 2.24) is 9.88 Å². The Morgan fingerprint density at radius 2 is 2.25 bits per heavy atom. The molecule has 1 aliphatic heterocycles. The first-order valence-electron chi connectivity index (χ1n) is 6.40. The lowest BCUT2D eigenvalue weighted by Crippen LogP contribution is -2.36. The van der Waals surface area contributed by atoms with Crippen molar-refractivity contribution >= 4 is 0 Å². The summed E-state index contributed by atoms with van der Waals surface area (Å²) in [5, 5.41) is 0. The number of fused-ring (bicyclic) bond motifs is 2. The first-order chi connectivity index (χ1) is 7.73. The summed E-state index contributed by atoms with van der Waals surface area (Å²) in [6.07, 6.45) is 7.15. The summed E-state index contributed by atoms with van der Waals surface area (Å²) >= 11 is 0. The second kappa shape index (κ2) is 3.56. The monoisotopic (exact) mass is 216 g/mol. The van der Waals surface area contributed by atoms with E-state index in [9.17, 15) is 0 Å². The second-order valence-corrected chi connectivity index (χ2v) is 5.55. The lowest BCUT2D eigenvalue weighted by molar-refractivity contribution is 0.267. The van der Waals surface area contributed by atoms with Gasteiger partial charge in [-0.3, -0.25) is 4.98 Å². The van der Waals surface area contributed by atoms with E-state index >= 15 is 0 Å². The zero-order chi connectivity index (χ0) is 11.2. The van der Waals surface area contributed by atoms with Crippen LogP contribution in [0.3, 0.4) is 0 Å². The number of hydrogen-bond acceptors (Lipinski definition) is 2. The number of nitrogens with zero attached hydrogens (tertiary/aromatic N) is 2. The van der Waals surface area contributed by atoms with Crippen LogP contribution in [-0.4, -0.2) is 23.5 Å². The van der Waals surface area contributed by atoms with Crippen LogP contribution in [0.5, 0.6) is 0 Å². The van der Waals surface area contributed by atoms with Crippen LogP contribution in [0.15, 0.2) is 12.3 Å². The molecule has 0 bridgehead atoms. The summed E-state index contributed by atoms with van der Waals surface area (Å²) in [7, 11) is 2.23. The van der Waals surface area contributed by atoms with Gasteiger partial charge in [-0.25, -0.2) is 0 Å². The molecule has 3 rings (SSSR count). The Labute approximate surface area is 97.7 Å². The molecule has 0 saturated heterocycles. The van der Waals surface area contributed by atoms with Crippen LogP contribution in [0.1, 0.15) is 43.0 Å². The van der Waals surface area contributed by atoms with Gasteiger partial charge in [-0.05, 0) is 37.4 Å². The minimum atomic E-state index is 0.438. The number of hydrogen-bond donors (Lipinski definition) is 0. The van der Waals surface area contributed by atoms with Gasteiger partial charge < -0.3 is 4.90 Å². The molecule has 2 aliphatic rings. The molecule has 0 atom stereocenters. The van der Waals surface area contributed by atoms with Crippen molar-refractivity contribution in [3.63, 3.8) is 0 Å². The fourth-order valence-electron chi connectivity index (χ4n) is 3.07. The van der Waals surface area contributed by atoms with E-state index in [4.69, 9.17) is 4.98 Å². The summed E-state index contributed by atoms with van der Waals surface area (Å²) < 4.78 is 0. The third-order valence-electron chi connectivity index (χ3n) is 3.93. The molecular weight excluding hydrogens is 196 g/mol. The van der Waals surface area contributed by atoms with Crippen molar-refractivity contribution in [3.8, 4) is 0 Å². The van der Waals surface area contributed by atoms with Crippen molar-refractivity contribution < 1.29 is 0 Å². The summed E-state index contributed by atoms with van der Waals surface area (Å²) in [4.78, 5) is 7.21. The van der Waals surface area contributed by atoms with E-state index in [0.29, 0.717) is 5.41 Å². The average molecular weight is 216 g/mol. The Morgan fingerprint density at radius 3 is 2.94 bits per heavy atom. The molecule has 2 heteroatoms. The fourth-order valence-corrected chi connectivity index (χ4v) is 3.07. The first kappa shape index (κ1) is 10.3. The molecule has 16 heavy (non-hydrogen) atoms. The van der Waals surface area contributed by atoms with Crippen LogP contribution >= 0.6 is 0 Å². The molecule has 1 aromatic rings. The van der Waals surface area contributed by atoms with E-state index in [1.54, 1.807) is 0 Å². The SMILES string of the molecule is CCCc1cnc2c(c1)CN(C)CC21CC1. The van der Waals surface area contributed by atoms with Crippen LogP contribution in [0.2, 0.25) is 0 Å². The van der Waals surface area contributed by atoms with Gasteiger partial charge in [0.05, 0.1) is 5.69 Å². The molecule has 2 heterocycles. The molecule has 1 aromatic heterocycles. The summed E-state index contributed by atoms with van der Waals surface area (Å²) in [5.74, 6) is 0. The van der Waals surface area contributed by atoms with Crippen molar-refractivity contribution in [2.75, 3.05) is 13.6 Å². The van der Waals surface area contributed by atoms with Crippen LogP contribution in [-0.2, 0) is 18.4 Å². The molecule has 1 saturated carbocycles. The van der Waals surface area contributed by atoms with Gasteiger partial charge in [0.15, 0.2) is 0 Å². The third-order valence-corrected chi connectivity index (χ3v) is 3.93. The molecule has 1 fully saturated rings. The number of aryl methyl sites for hydroxylation is 1. The predicted octanol–water partition coefficient (Wildman–Crippen LogP) is 2.51. The summed E-state index contributed by atoms with van der Waals surface area (Å²) in [6.45, 7) is 4.52. The molecule has 1 spiro atoms. The number of likely N-dealkylation sites (N-methyl/N-ethyl adjacent to an activating group) is 1. The van der Waals surface area contributed by atoms with E-state index in [-0.39, 0.29) is 0 Å². The van der Waals surface area contributed by atoms with Gasteiger partial charge in [0.25, 0.3) is 0 Å². The maximum absolute atomic E-state index is 4.76. The topological polar surface area (TPSA) is 16.1 Å². The Hall–Kier alpha value is -0.890. The van der Waals surface area contributed by atoms with Gasteiger partial charge in [0, 0.05) is 24.7 Å². The molecule has 0 N–H and O–H groups in total. The average Bonchev–Trinajstić information content (AvgIpc) is 2.98. The van der Waals surface area contributed by atoms with Gasteiger partial charge in [0.1, 0.15) is 0 Å². The smallest absolute Gasteiger partial charge is 0.0523 e. The maximum atomic E-state index is 4.76. The fraction of sp³-hybridized carbons (Fsp3) is 0.643. The Kier molecular flexibility index (Phi) is 2.28. The Balaban J connectivity index is 1.99. The number of rotatable bonds is 2. The van der Waals surface area contributed by atoms with Crippen LogP contribution in [0.25, 0.3) is 0 Å². The Morgan fingerprint density at radius 1 is 1.44 bits per heavy atom. The molecule has 86 valence electrons. The van der Waals surface area contributed by atoms with E-state index in [0.717, 1.165) is 13.0 Å². The molecule has 1 aliphatic carbocycles. The standard InChI is InChI=1S/C14H20N2/c1-3-4-11-7-12-9-16(2)10-14(5-6-14)13(12)15-8-11/h7-8H,3-6,9-10H2,1-2H3. The Bertz CT molecular complexity index is 407. The number of pyridine rings is 1. The molecule has 0 aromatic carbocycles. The van der Waals surface area contributed by atoms with Crippen LogP contribution < -0.4 is 0 Å². The van der Waals surface area contributed by atoms with Crippen molar-refractivity contribution in [3.05, 3.63) is 29.1 Å². The highest BCUT2D eigenvalue weighted by Crippen LogP contribution is 2.51. The first-order valence-corrected chi connectivity index (χ1v) is 6.40. The van der Waals surface area contributed by atoms with Gasteiger partial charge in [0.2, 0.25) is 0 Å². The molecule has 2 nitrogen and oxygen atoms in total.